The van der Waals surface area contributed by atoms with Crippen LogP contribution in [0.5, 0.6) is 0 Å². The number of unbranched alkanes of at least 4 members (excludes halogenated alkanes) is 4. The summed E-state index contributed by atoms with van der Waals surface area (Å²) in [6.45, 7) is 11.4. The first-order valence-electron chi connectivity index (χ1n) is 9.91. The Hall–Kier alpha value is -1.05. The summed E-state index contributed by atoms with van der Waals surface area (Å²) in [4.78, 5) is 10.4. The van der Waals surface area contributed by atoms with Gasteiger partial charge < -0.3 is 5.11 Å². The van der Waals surface area contributed by atoms with E-state index in [2.05, 4.69) is 46.8 Å². The van der Waals surface area contributed by atoms with E-state index in [1.54, 1.807) is 0 Å². The van der Waals surface area contributed by atoms with Crippen LogP contribution in [0.1, 0.15) is 98.8 Å². The maximum Gasteiger partial charge on any atom is 0.303 e. The smallest absolute Gasteiger partial charge is 0.303 e. The normalized spacial score (nSPS) is 15.4. The topological polar surface area (TPSA) is 37.3 Å². The maximum atomic E-state index is 10.4. The molecule has 2 atom stereocenters. The first kappa shape index (κ1) is 22.9. The number of carbonyl (C=O) groups is 1. The van der Waals surface area contributed by atoms with Crippen molar-refractivity contribution in [3.63, 3.8) is 0 Å². The summed E-state index contributed by atoms with van der Waals surface area (Å²) in [6.07, 6.45) is 15.6. The number of hydrogen-bond acceptors (Lipinski definition) is 1. The van der Waals surface area contributed by atoms with Gasteiger partial charge in [0, 0.05) is 6.42 Å². The summed E-state index contributed by atoms with van der Waals surface area (Å²) in [7, 11) is 0. The largest absolute Gasteiger partial charge is 0.481 e. The molecule has 2 heteroatoms. The fourth-order valence-corrected chi connectivity index (χ4v) is 3.42. The Labute approximate surface area is 150 Å². The fraction of sp³-hybridized carbons (Fsp3) is 0.773. The summed E-state index contributed by atoms with van der Waals surface area (Å²) >= 11 is 0. The molecule has 0 fully saturated rings. The van der Waals surface area contributed by atoms with Gasteiger partial charge in [-0.05, 0) is 51.4 Å². The summed E-state index contributed by atoms with van der Waals surface area (Å²) in [5.41, 5.74) is 2.98. The fourth-order valence-electron chi connectivity index (χ4n) is 3.42. The van der Waals surface area contributed by atoms with E-state index in [-0.39, 0.29) is 0 Å². The molecule has 0 saturated carbocycles. The summed E-state index contributed by atoms with van der Waals surface area (Å²) in [5.74, 6) is 0.670. The molecule has 0 radical (unpaired) electrons. The first-order valence-corrected chi connectivity index (χ1v) is 9.91. The van der Waals surface area contributed by atoms with E-state index in [0.717, 1.165) is 19.3 Å². The molecule has 140 valence electrons. The lowest BCUT2D eigenvalue weighted by atomic mass is 9.96. The lowest BCUT2D eigenvalue weighted by Crippen LogP contribution is -1.95. The van der Waals surface area contributed by atoms with Gasteiger partial charge in [-0.1, -0.05) is 76.2 Å². The van der Waals surface area contributed by atoms with E-state index in [9.17, 15) is 4.79 Å². The predicted octanol–water partition coefficient (Wildman–Crippen LogP) is 7.16. The third kappa shape index (κ3) is 14.5. The second-order valence-electron chi connectivity index (χ2n) is 7.65. The molecular formula is C22H40O2. The molecule has 0 aromatic carbocycles. The number of rotatable bonds is 14. The number of carboxylic acid groups (broad SMARTS) is 1. The van der Waals surface area contributed by atoms with Gasteiger partial charge in [0.25, 0.3) is 0 Å². The second-order valence-corrected chi connectivity index (χ2v) is 7.65. The van der Waals surface area contributed by atoms with Crippen molar-refractivity contribution in [1.29, 1.82) is 0 Å². The second kappa shape index (κ2) is 14.3. The van der Waals surface area contributed by atoms with Crippen LogP contribution < -0.4 is 0 Å². The van der Waals surface area contributed by atoms with Crippen molar-refractivity contribution in [3.8, 4) is 0 Å². The molecule has 0 aromatic heterocycles. The van der Waals surface area contributed by atoms with Crippen molar-refractivity contribution < 1.29 is 9.90 Å². The van der Waals surface area contributed by atoms with Crippen molar-refractivity contribution in [3.05, 3.63) is 23.3 Å². The zero-order valence-corrected chi connectivity index (χ0v) is 16.7. The molecule has 0 aliphatic rings. The monoisotopic (exact) mass is 336 g/mol. The van der Waals surface area contributed by atoms with Crippen LogP contribution >= 0.6 is 0 Å². The third-order valence-corrected chi connectivity index (χ3v) is 4.49. The van der Waals surface area contributed by atoms with Gasteiger partial charge in [0.15, 0.2) is 0 Å². The van der Waals surface area contributed by atoms with Gasteiger partial charge in [-0.2, -0.15) is 0 Å². The molecule has 0 rings (SSSR count). The Bertz CT molecular complexity index is 393. The SMILES string of the molecule is CCC[C@@H](C)/C=C(/C)C/C(C)=C/[C@H](C)CCCCCCCC(=O)O. The molecule has 0 amide bonds. The van der Waals surface area contributed by atoms with E-state index in [4.69, 9.17) is 5.11 Å². The molecule has 0 unspecified atom stereocenters. The maximum absolute atomic E-state index is 10.4. The van der Waals surface area contributed by atoms with Crippen LogP contribution in [0.3, 0.4) is 0 Å². The third-order valence-electron chi connectivity index (χ3n) is 4.49. The molecule has 0 saturated heterocycles. The van der Waals surface area contributed by atoms with E-state index >= 15 is 0 Å². The molecular weight excluding hydrogens is 296 g/mol. The number of aliphatic carboxylic acids is 1. The van der Waals surface area contributed by atoms with Gasteiger partial charge in [0.1, 0.15) is 0 Å². The molecule has 0 aliphatic carbocycles. The highest BCUT2D eigenvalue weighted by molar-refractivity contribution is 5.66. The van der Waals surface area contributed by atoms with Gasteiger partial charge in [0.2, 0.25) is 0 Å². The number of allylic oxidation sites excluding steroid dienone is 4. The Morgan fingerprint density at radius 1 is 0.875 bits per heavy atom. The van der Waals surface area contributed by atoms with Crippen LogP contribution in [0.2, 0.25) is 0 Å². The summed E-state index contributed by atoms with van der Waals surface area (Å²) < 4.78 is 0. The van der Waals surface area contributed by atoms with Crippen LogP contribution in [0.25, 0.3) is 0 Å². The Kier molecular flexibility index (Phi) is 13.7. The Morgan fingerprint density at radius 2 is 1.38 bits per heavy atom. The van der Waals surface area contributed by atoms with Gasteiger partial charge in [-0.25, -0.2) is 0 Å². The molecule has 24 heavy (non-hydrogen) atoms. The average molecular weight is 337 g/mol. The lowest BCUT2D eigenvalue weighted by molar-refractivity contribution is -0.137. The van der Waals surface area contributed by atoms with Crippen LogP contribution in [0, 0.1) is 11.8 Å². The van der Waals surface area contributed by atoms with Crippen LogP contribution in [-0.4, -0.2) is 11.1 Å². The molecule has 0 heterocycles. The van der Waals surface area contributed by atoms with Crippen molar-refractivity contribution >= 4 is 5.97 Å². The minimum Gasteiger partial charge on any atom is -0.481 e. The van der Waals surface area contributed by atoms with Crippen LogP contribution in [0.4, 0.5) is 0 Å². The van der Waals surface area contributed by atoms with Gasteiger partial charge in [-0.3, -0.25) is 4.79 Å². The Morgan fingerprint density at radius 3 is 1.92 bits per heavy atom. The number of hydrogen-bond donors (Lipinski definition) is 1. The standard InChI is InChI=1S/C22H40O2/c1-6-12-18(2)15-20(4)17-21(5)16-19(3)13-10-8-7-9-11-14-22(23)24/h15-16,18-19H,6-14,17H2,1-5H3,(H,23,24)/b20-15-,21-16+/t18-,19-/m1/s1. The van der Waals surface area contributed by atoms with E-state index in [1.165, 1.54) is 49.7 Å². The minimum atomic E-state index is -0.669. The quantitative estimate of drug-likeness (QED) is 0.270. The number of carboxylic acids is 1. The van der Waals surface area contributed by atoms with Crippen LogP contribution in [-0.2, 0) is 4.79 Å². The minimum absolute atomic E-state index is 0.322. The van der Waals surface area contributed by atoms with E-state index < -0.39 is 5.97 Å². The predicted molar refractivity (Wildman–Crippen MR) is 105 cm³/mol. The molecule has 0 aromatic rings. The Balaban J connectivity index is 3.92. The van der Waals surface area contributed by atoms with Crippen molar-refractivity contribution in [2.45, 2.75) is 98.8 Å². The molecule has 0 spiro atoms. The highest BCUT2D eigenvalue weighted by atomic mass is 16.4. The van der Waals surface area contributed by atoms with Crippen molar-refractivity contribution in [2.24, 2.45) is 11.8 Å². The summed E-state index contributed by atoms with van der Waals surface area (Å²) in [6, 6.07) is 0. The molecule has 2 nitrogen and oxygen atoms in total. The molecule has 0 aliphatic heterocycles. The highest BCUT2D eigenvalue weighted by Gasteiger charge is 2.03. The lowest BCUT2D eigenvalue weighted by Gasteiger charge is -2.11. The van der Waals surface area contributed by atoms with Crippen molar-refractivity contribution in [2.75, 3.05) is 0 Å². The zero-order valence-electron chi connectivity index (χ0n) is 16.7. The van der Waals surface area contributed by atoms with Gasteiger partial charge >= 0.3 is 5.97 Å². The molecule has 1 N–H and O–H groups in total. The zero-order chi connectivity index (χ0) is 18.4. The van der Waals surface area contributed by atoms with Crippen LogP contribution in [0.15, 0.2) is 23.3 Å². The van der Waals surface area contributed by atoms with Gasteiger partial charge in [0.05, 0.1) is 0 Å². The highest BCUT2D eigenvalue weighted by Crippen LogP contribution is 2.19. The first-order chi connectivity index (χ1) is 11.3. The summed E-state index contributed by atoms with van der Waals surface area (Å²) in [5, 5.41) is 8.60. The van der Waals surface area contributed by atoms with Gasteiger partial charge in [-0.15, -0.1) is 0 Å². The average Bonchev–Trinajstić information content (AvgIpc) is 2.45. The van der Waals surface area contributed by atoms with E-state index in [0.29, 0.717) is 18.3 Å². The van der Waals surface area contributed by atoms with Crippen molar-refractivity contribution in [1.82, 2.24) is 0 Å². The molecule has 0 bridgehead atoms. The van der Waals surface area contributed by atoms with E-state index in [1.807, 2.05) is 0 Å².